The van der Waals surface area contributed by atoms with Gasteiger partial charge in [-0.25, -0.2) is 0 Å². The van der Waals surface area contributed by atoms with Crippen LogP contribution in [0.4, 0.5) is 0 Å². The van der Waals surface area contributed by atoms with Crippen molar-refractivity contribution < 1.29 is 9.90 Å². The van der Waals surface area contributed by atoms with Crippen LogP contribution < -0.4 is 5.73 Å². The van der Waals surface area contributed by atoms with E-state index in [0.29, 0.717) is 32.0 Å². The fourth-order valence-electron chi connectivity index (χ4n) is 2.41. The number of carbonyl (C=O) groups excluding carboxylic acids is 1. The standard InChI is InChI=1S/C12H24N2O2/c13-8-7-12(16)14(9-4-10-15)11-5-2-1-3-6-11/h11,15H,1-10,13H2. The number of nitrogens with two attached hydrogens (primary N) is 1. The van der Waals surface area contributed by atoms with Gasteiger partial charge in [0.25, 0.3) is 0 Å². The highest BCUT2D eigenvalue weighted by Gasteiger charge is 2.24. The highest BCUT2D eigenvalue weighted by atomic mass is 16.3. The first kappa shape index (κ1) is 13.5. The predicted octanol–water partition coefficient (Wildman–Crippen LogP) is 0.879. The van der Waals surface area contributed by atoms with E-state index >= 15 is 0 Å². The molecule has 1 amide bonds. The van der Waals surface area contributed by atoms with E-state index in [-0.39, 0.29) is 12.5 Å². The zero-order valence-electron chi connectivity index (χ0n) is 10.0. The summed E-state index contributed by atoms with van der Waals surface area (Å²) in [6, 6.07) is 0.388. The third-order valence-electron chi connectivity index (χ3n) is 3.25. The summed E-state index contributed by atoms with van der Waals surface area (Å²) in [5.41, 5.74) is 5.43. The van der Waals surface area contributed by atoms with Crippen molar-refractivity contribution >= 4 is 5.91 Å². The molecule has 4 nitrogen and oxygen atoms in total. The van der Waals surface area contributed by atoms with Crippen LogP contribution in [0.3, 0.4) is 0 Å². The third-order valence-corrected chi connectivity index (χ3v) is 3.25. The first-order valence-corrected chi connectivity index (χ1v) is 6.40. The molecular formula is C12H24N2O2. The number of hydrogen-bond donors (Lipinski definition) is 2. The van der Waals surface area contributed by atoms with Gasteiger partial charge in [-0.15, -0.1) is 0 Å². The SMILES string of the molecule is NCCC(=O)N(CCCO)C1CCCCC1. The maximum atomic E-state index is 11.9. The largest absolute Gasteiger partial charge is 0.396 e. The Balaban J connectivity index is 2.50. The van der Waals surface area contributed by atoms with Crippen molar-refractivity contribution in [2.75, 3.05) is 19.7 Å². The van der Waals surface area contributed by atoms with E-state index in [0.717, 1.165) is 12.8 Å². The predicted molar refractivity (Wildman–Crippen MR) is 64.0 cm³/mol. The minimum atomic E-state index is 0.152. The van der Waals surface area contributed by atoms with Crippen molar-refractivity contribution in [1.29, 1.82) is 0 Å². The van der Waals surface area contributed by atoms with Crippen LogP contribution in [0.25, 0.3) is 0 Å². The van der Waals surface area contributed by atoms with Gasteiger partial charge in [-0.1, -0.05) is 19.3 Å². The summed E-state index contributed by atoms with van der Waals surface area (Å²) in [6.45, 7) is 1.25. The highest BCUT2D eigenvalue weighted by Crippen LogP contribution is 2.23. The molecular weight excluding hydrogens is 204 g/mol. The zero-order valence-corrected chi connectivity index (χ0v) is 10.0. The number of rotatable bonds is 6. The lowest BCUT2D eigenvalue weighted by atomic mass is 9.94. The molecule has 0 radical (unpaired) electrons. The Morgan fingerprint density at radius 3 is 2.56 bits per heavy atom. The lowest BCUT2D eigenvalue weighted by Gasteiger charge is -2.34. The van der Waals surface area contributed by atoms with Crippen LogP contribution in [-0.2, 0) is 4.79 Å². The average Bonchev–Trinajstić information content (AvgIpc) is 2.31. The quantitative estimate of drug-likeness (QED) is 0.709. The molecule has 1 aliphatic rings. The second kappa shape index (κ2) is 7.63. The van der Waals surface area contributed by atoms with Gasteiger partial charge >= 0.3 is 0 Å². The first-order chi connectivity index (χ1) is 7.79. The summed E-state index contributed by atoms with van der Waals surface area (Å²) in [5.74, 6) is 0.155. The van der Waals surface area contributed by atoms with Gasteiger partial charge in [0, 0.05) is 32.2 Å². The monoisotopic (exact) mass is 228 g/mol. The minimum Gasteiger partial charge on any atom is -0.396 e. The molecule has 1 fully saturated rings. The molecule has 0 saturated heterocycles. The number of hydrogen-bond acceptors (Lipinski definition) is 3. The number of aliphatic hydroxyl groups is 1. The molecule has 0 spiro atoms. The molecule has 0 heterocycles. The average molecular weight is 228 g/mol. The molecule has 0 unspecified atom stereocenters. The van der Waals surface area contributed by atoms with Gasteiger partial charge in [0.05, 0.1) is 0 Å². The van der Waals surface area contributed by atoms with E-state index in [4.69, 9.17) is 10.8 Å². The Morgan fingerprint density at radius 1 is 1.31 bits per heavy atom. The maximum absolute atomic E-state index is 11.9. The first-order valence-electron chi connectivity index (χ1n) is 6.40. The molecule has 1 aliphatic carbocycles. The molecule has 0 aliphatic heterocycles. The maximum Gasteiger partial charge on any atom is 0.224 e. The number of nitrogens with zero attached hydrogens (tertiary/aromatic N) is 1. The molecule has 0 atom stereocenters. The summed E-state index contributed by atoms with van der Waals surface area (Å²) in [6.07, 6.45) is 7.06. The minimum absolute atomic E-state index is 0.152. The zero-order chi connectivity index (χ0) is 11.8. The second-order valence-corrected chi connectivity index (χ2v) is 4.49. The molecule has 1 rings (SSSR count). The number of carbonyl (C=O) groups is 1. The molecule has 94 valence electrons. The van der Waals surface area contributed by atoms with Crippen LogP contribution >= 0.6 is 0 Å². The molecule has 0 aromatic heterocycles. The summed E-state index contributed by atoms with van der Waals surface area (Å²) in [5, 5.41) is 8.86. The Morgan fingerprint density at radius 2 is 2.00 bits per heavy atom. The highest BCUT2D eigenvalue weighted by molar-refractivity contribution is 5.76. The van der Waals surface area contributed by atoms with Crippen LogP contribution in [0.1, 0.15) is 44.9 Å². The van der Waals surface area contributed by atoms with Crippen LogP contribution in [-0.4, -0.2) is 41.7 Å². The van der Waals surface area contributed by atoms with Gasteiger partial charge in [-0.2, -0.15) is 0 Å². The van der Waals surface area contributed by atoms with Crippen LogP contribution in [0, 0.1) is 0 Å². The van der Waals surface area contributed by atoms with Crippen molar-refractivity contribution in [3.63, 3.8) is 0 Å². The normalized spacial score (nSPS) is 17.4. The van der Waals surface area contributed by atoms with E-state index in [9.17, 15) is 4.79 Å². The Labute approximate surface area is 97.8 Å². The van der Waals surface area contributed by atoms with E-state index < -0.39 is 0 Å². The molecule has 0 aromatic rings. The Bertz CT molecular complexity index is 203. The van der Waals surface area contributed by atoms with Gasteiger partial charge in [0.2, 0.25) is 5.91 Å². The molecule has 0 aromatic carbocycles. The Hall–Kier alpha value is -0.610. The van der Waals surface area contributed by atoms with Crippen LogP contribution in [0.5, 0.6) is 0 Å². The summed E-state index contributed by atoms with van der Waals surface area (Å²) < 4.78 is 0. The molecule has 4 heteroatoms. The van der Waals surface area contributed by atoms with Crippen molar-refractivity contribution in [3.8, 4) is 0 Å². The molecule has 3 N–H and O–H groups in total. The fraction of sp³-hybridized carbons (Fsp3) is 0.917. The van der Waals surface area contributed by atoms with Gasteiger partial charge < -0.3 is 15.7 Å². The lowest BCUT2D eigenvalue weighted by Crippen LogP contribution is -2.42. The summed E-state index contributed by atoms with van der Waals surface area (Å²) in [4.78, 5) is 13.9. The molecule has 0 bridgehead atoms. The second-order valence-electron chi connectivity index (χ2n) is 4.49. The third kappa shape index (κ3) is 4.10. The van der Waals surface area contributed by atoms with Gasteiger partial charge in [0.15, 0.2) is 0 Å². The van der Waals surface area contributed by atoms with E-state index in [2.05, 4.69) is 0 Å². The summed E-state index contributed by atoms with van der Waals surface area (Å²) >= 11 is 0. The number of amides is 1. The summed E-state index contributed by atoms with van der Waals surface area (Å²) in [7, 11) is 0. The van der Waals surface area contributed by atoms with Crippen molar-refractivity contribution in [2.24, 2.45) is 5.73 Å². The van der Waals surface area contributed by atoms with E-state index in [1.165, 1.54) is 19.3 Å². The number of aliphatic hydroxyl groups excluding tert-OH is 1. The van der Waals surface area contributed by atoms with Crippen LogP contribution in [0.15, 0.2) is 0 Å². The van der Waals surface area contributed by atoms with Crippen molar-refractivity contribution in [2.45, 2.75) is 51.0 Å². The van der Waals surface area contributed by atoms with Crippen molar-refractivity contribution in [3.05, 3.63) is 0 Å². The van der Waals surface area contributed by atoms with Crippen LogP contribution in [0.2, 0.25) is 0 Å². The molecule has 16 heavy (non-hydrogen) atoms. The van der Waals surface area contributed by atoms with Gasteiger partial charge in [0.1, 0.15) is 0 Å². The smallest absolute Gasteiger partial charge is 0.224 e. The Kier molecular flexibility index (Phi) is 6.42. The fourth-order valence-corrected chi connectivity index (χ4v) is 2.41. The lowest BCUT2D eigenvalue weighted by molar-refractivity contribution is -0.134. The van der Waals surface area contributed by atoms with Gasteiger partial charge in [-0.3, -0.25) is 4.79 Å². The molecule has 1 saturated carbocycles. The van der Waals surface area contributed by atoms with E-state index in [1.54, 1.807) is 0 Å². The topological polar surface area (TPSA) is 66.6 Å². The van der Waals surface area contributed by atoms with Gasteiger partial charge in [-0.05, 0) is 19.3 Å². The van der Waals surface area contributed by atoms with E-state index in [1.807, 2.05) is 4.90 Å². The van der Waals surface area contributed by atoms with Crippen molar-refractivity contribution in [1.82, 2.24) is 4.90 Å².